The fourth-order valence-electron chi connectivity index (χ4n) is 3.31. The van der Waals surface area contributed by atoms with E-state index in [4.69, 9.17) is 4.74 Å². The Labute approximate surface area is 232 Å². The van der Waals surface area contributed by atoms with Crippen LogP contribution in [0.3, 0.4) is 0 Å². The van der Waals surface area contributed by atoms with Gasteiger partial charge < -0.3 is 14.4 Å². The van der Waals surface area contributed by atoms with Crippen molar-refractivity contribution in [2.24, 2.45) is 5.92 Å². The molecule has 7 heteroatoms. The van der Waals surface area contributed by atoms with Crippen molar-refractivity contribution in [3.05, 3.63) is 46.7 Å². The minimum Gasteiger partial charge on any atom is -0.382 e. The van der Waals surface area contributed by atoms with Crippen molar-refractivity contribution in [3.63, 3.8) is 0 Å². The van der Waals surface area contributed by atoms with E-state index in [2.05, 4.69) is 66.7 Å². The lowest BCUT2D eigenvalue weighted by atomic mass is 9.91. The molecule has 1 N–H and O–H groups in total. The molecule has 0 bridgehead atoms. The van der Waals surface area contributed by atoms with Crippen LogP contribution < -0.4 is 9.62 Å². The normalized spacial score (nSPS) is 11.4. The number of diazo groups is 1. The highest BCUT2D eigenvalue weighted by molar-refractivity contribution is 8.00. The molecule has 0 aliphatic heterocycles. The first-order valence-corrected chi connectivity index (χ1v) is 15.1. The summed E-state index contributed by atoms with van der Waals surface area (Å²) in [6.07, 6.45) is 7.45. The van der Waals surface area contributed by atoms with Crippen LogP contribution in [-0.2, 0) is 9.53 Å². The molecule has 0 aliphatic rings. The van der Waals surface area contributed by atoms with E-state index in [1.54, 1.807) is 6.20 Å². The van der Waals surface area contributed by atoms with Crippen molar-refractivity contribution in [3.8, 4) is 0 Å². The van der Waals surface area contributed by atoms with Crippen LogP contribution in [-0.4, -0.2) is 38.3 Å². The second-order valence-corrected chi connectivity index (χ2v) is 10.1. The Morgan fingerprint density at radius 1 is 1.11 bits per heavy atom. The molecule has 0 radical (unpaired) electrons. The van der Waals surface area contributed by atoms with Gasteiger partial charge in [0.05, 0.1) is 19.2 Å². The highest BCUT2D eigenvalue weighted by Gasteiger charge is 2.16. The molecule has 37 heavy (non-hydrogen) atoms. The van der Waals surface area contributed by atoms with Gasteiger partial charge in [0.1, 0.15) is 5.78 Å². The minimum atomic E-state index is 0.227. The van der Waals surface area contributed by atoms with Crippen LogP contribution in [0.25, 0.3) is 4.98 Å². The number of ketones is 1. The monoisotopic (exact) mass is 535 g/mol. The van der Waals surface area contributed by atoms with Crippen LogP contribution in [0.1, 0.15) is 105 Å². The molecular formula is C30H55N4O2S+. The third-order valence-corrected chi connectivity index (χ3v) is 6.78. The molecule has 0 saturated heterocycles. The molecule has 0 saturated carbocycles. The number of rotatable bonds is 17. The molecule has 1 unspecified atom stereocenters. The van der Waals surface area contributed by atoms with Gasteiger partial charge in [-0.3, -0.25) is 4.79 Å². The van der Waals surface area contributed by atoms with Gasteiger partial charge >= 0.3 is 5.70 Å². The Morgan fingerprint density at radius 3 is 2.22 bits per heavy atom. The molecule has 0 spiro atoms. The van der Waals surface area contributed by atoms with Gasteiger partial charge in [0.15, 0.2) is 4.98 Å². The number of benzene rings is 1. The third kappa shape index (κ3) is 18.8. The molecule has 212 valence electrons. The van der Waals surface area contributed by atoms with Crippen molar-refractivity contribution >= 4 is 23.4 Å². The van der Waals surface area contributed by atoms with Crippen LogP contribution in [0, 0.1) is 11.3 Å². The molecular weight excluding hydrogens is 480 g/mol. The molecule has 0 fully saturated rings. The van der Waals surface area contributed by atoms with E-state index in [0.717, 1.165) is 44.6 Å². The second kappa shape index (κ2) is 25.6. The Kier molecular flexibility index (Phi) is 25.7. The van der Waals surface area contributed by atoms with Crippen LogP contribution >= 0.6 is 11.9 Å². The molecule has 1 atom stereocenters. The van der Waals surface area contributed by atoms with Gasteiger partial charge in [-0.2, -0.15) is 0 Å². The summed E-state index contributed by atoms with van der Waals surface area (Å²) in [4.78, 5) is 13.9. The zero-order chi connectivity index (χ0) is 28.5. The fourth-order valence-corrected chi connectivity index (χ4v) is 4.04. The third-order valence-electron chi connectivity index (χ3n) is 5.59. The van der Waals surface area contributed by atoms with Crippen LogP contribution in [0.2, 0.25) is 0 Å². The van der Waals surface area contributed by atoms with E-state index >= 15 is 0 Å². The largest absolute Gasteiger partial charge is 0.382 e. The predicted octanol–water partition coefficient (Wildman–Crippen LogP) is 8.81. The van der Waals surface area contributed by atoms with Crippen LogP contribution in [0.5, 0.6) is 0 Å². The Bertz CT molecular complexity index is 745. The van der Waals surface area contributed by atoms with Crippen molar-refractivity contribution in [1.29, 1.82) is 5.39 Å². The van der Waals surface area contributed by atoms with Gasteiger partial charge in [0.25, 0.3) is 0 Å². The number of allylic oxidation sites excluding steroid dienone is 1. The standard InChI is InChI=1S/C22H37N4OS.C6H12O.C2H6/c1-5-15-27-16-14-24-18-21(25-23)11-8-19(7-3)20-9-12-22(13-10-20)26(4)28-17-6-2;1-4-6(7)5(2)3;1-2/h9-10,12-13,18-19,24H,5-8,11,14-17H2,1-4H3;5H,4H2,1-3H3;1-2H3/q+1;;/b21-18-;;. The lowest BCUT2D eigenvalue weighted by molar-refractivity contribution is -0.121. The number of Topliss-reactive ketones (excluding diaryl/α,β-unsaturated/α-hetero) is 1. The summed E-state index contributed by atoms with van der Waals surface area (Å²) in [5.74, 6) is 2.17. The maximum absolute atomic E-state index is 10.5. The first-order valence-electron chi connectivity index (χ1n) is 14.2. The van der Waals surface area contributed by atoms with E-state index in [1.807, 2.05) is 46.6 Å². The minimum absolute atomic E-state index is 0.227. The van der Waals surface area contributed by atoms with Gasteiger partial charge in [0.2, 0.25) is 5.39 Å². The highest BCUT2D eigenvalue weighted by atomic mass is 32.2. The van der Waals surface area contributed by atoms with Gasteiger partial charge in [0, 0.05) is 44.0 Å². The van der Waals surface area contributed by atoms with Crippen LogP contribution in [0.15, 0.2) is 36.2 Å². The molecule has 1 aromatic carbocycles. The Balaban J connectivity index is 0. The van der Waals surface area contributed by atoms with Crippen molar-refractivity contribution in [1.82, 2.24) is 5.32 Å². The van der Waals surface area contributed by atoms with Gasteiger partial charge in [-0.25, -0.2) is 0 Å². The maximum Gasteiger partial charge on any atom is 0.377 e. The molecule has 0 amide bonds. The molecule has 1 aromatic rings. The van der Waals surface area contributed by atoms with E-state index < -0.39 is 0 Å². The zero-order valence-corrected chi connectivity index (χ0v) is 26.0. The summed E-state index contributed by atoms with van der Waals surface area (Å²) in [6.45, 7) is 18.4. The number of hydrogen-bond donors (Lipinski definition) is 1. The average molecular weight is 536 g/mol. The first kappa shape index (κ1) is 37.1. The molecule has 0 heterocycles. The maximum atomic E-state index is 10.5. The number of anilines is 1. The molecule has 1 rings (SSSR count). The summed E-state index contributed by atoms with van der Waals surface area (Å²) in [5.41, 5.74) is 3.26. The van der Waals surface area contributed by atoms with Crippen LogP contribution in [0.4, 0.5) is 5.69 Å². The Hall–Kier alpha value is -2.04. The van der Waals surface area contributed by atoms with Crippen molar-refractivity contribution in [2.45, 2.75) is 99.8 Å². The first-order chi connectivity index (χ1) is 17.8. The van der Waals surface area contributed by atoms with Crippen molar-refractivity contribution < 1.29 is 9.53 Å². The summed E-state index contributed by atoms with van der Waals surface area (Å²) in [7, 11) is 2.12. The summed E-state index contributed by atoms with van der Waals surface area (Å²) >= 11 is 1.85. The summed E-state index contributed by atoms with van der Waals surface area (Å²) in [6, 6.07) is 8.86. The fraction of sp³-hybridized carbons (Fsp3) is 0.700. The molecule has 0 aliphatic carbocycles. The zero-order valence-electron chi connectivity index (χ0n) is 25.2. The number of nitrogens with one attached hydrogen (secondary N) is 1. The van der Waals surface area contributed by atoms with Gasteiger partial charge in [-0.05, 0) is 49.3 Å². The number of hydrogen-bond acceptors (Lipinski definition) is 6. The number of carbonyl (C=O) groups excluding carboxylic acids is 1. The lowest BCUT2D eigenvalue weighted by Crippen LogP contribution is -2.14. The number of nitrogens with zero attached hydrogens (tertiary/aromatic N) is 3. The van der Waals surface area contributed by atoms with E-state index in [9.17, 15) is 10.2 Å². The lowest BCUT2D eigenvalue weighted by Gasteiger charge is -2.19. The smallest absolute Gasteiger partial charge is 0.377 e. The van der Waals surface area contributed by atoms with Gasteiger partial charge in [-0.15, -0.1) is 0 Å². The second-order valence-electron chi connectivity index (χ2n) is 8.84. The van der Waals surface area contributed by atoms with Gasteiger partial charge in [-0.1, -0.05) is 79.5 Å². The summed E-state index contributed by atoms with van der Waals surface area (Å²) < 4.78 is 7.66. The van der Waals surface area contributed by atoms with E-state index in [0.29, 0.717) is 30.4 Å². The predicted molar refractivity (Wildman–Crippen MR) is 164 cm³/mol. The quantitative estimate of drug-likeness (QED) is 0.122. The molecule has 0 aromatic heterocycles. The topological polar surface area (TPSA) is 69.7 Å². The Morgan fingerprint density at radius 2 is 1.76 bits per heavy atom. The number of ether oxygens (including phenoxy) is 1. The van der Waals surface area contributed by atoms with E-state index in [-0.39, 0.29) is 5.92 Å². The highest BCUT2D eigenvalue weighted by Crippen LogP contribution is 2.29. The van der Waals surface area contributed by atoms with E-state index in [1.165, 1.54) is 17.7 Å². The average Bonchev–Trinajstić information content (AvgIpc) is 2.93. The summed E-state index contributed by atoms with van der Waals surface area (Å²) in [5, 5.41) is 12.4. The molecule has 6 nitrogen and oxygen atoms in total. The van der Waals surface area contributed by atoms with Crippen molar-refractivity contribution in [2.75, 3.05) is 36.9 Å². The SMILES string of the molecule is CC.CCC(=O)C(C)C.CCCOCCN/C=C(/CCC(CC)c1ccc(N(C)SCCC)cc1)[N+]#N. The number of carbonyl (C=O) groups is 1.